The van der Waals surface area contributed by atoms with Crippen molar-refractivity contribution in [2.75, 3.05) is 5.32 Å². The lowest BCUT2D eigenvalue weighted by Crippen LogP contribution is -2.47. The molecule has 7 nitrogen and oxygen atoms in total. The molecule has 3 rings (SSSR count). The number of piperidine rings is 1. The number of fused-ring (bicyclic) bond motifs is 1. The molecule has 1 aliphatic carbocycles. The number of hydrogen-bond acceptors (Lipinski definition) is 5. The molecule has 0 spiro atoms. The Bertz CT molecular complexity index is 690. The summed E-state index contributed by atoms with van der Waals surface area (Å²) in [5.74, 6) is 0.0888. The zero-order chi connectivity index (χ0) is 17.7. The highest BCUT2D eigenvalue weighted by molar-refractivity contribution is 9.10. The van der Waals surface area contributed by atoms with Gasteiger partial charge in [-0.2, -0.15) is 0 Å². The average molecular weight is 397 g/mol. The van der Waals surface area contributed by atoms with Crippen molar-refractivity contribution in [3.8, 4) is 0 Å². The minimum atomic E-state index is -0.595. The molecule has 1 saturated carbocycles. The van der Waals surface area contributed by atoms with Crippen molar-refractivity contribution in [1.29, 1.82) is 0 Å². The van der Waals surface area contributed by atoms with Gasteiger partial charge in [0.1, 0.15) is 16.2 Å². The number of hydrogen-bond donors (Lipinski definition) is 1. The van der Waals surface area contributed by atoms with Crippen molar-refractivity contribution in [3.05, 3.63) is 17.0 Å². The predicted molar refractivity (Wildman–Crippen MR) is 91.4 cm³/mol. The van der Waals surface area contributed by atoms with Crippen molar-refractivity contribution >= 4 is 33.7 Å². The van der Waals surface area contributed by atoms with Gasteiger partial charge < -0.3 is 10.1 Å². The maximum absolute atomic E-state index is 12.7. The molecule has 0 aromatic carbocycles. The Morgan fingerprint density at radius 1 is 1.38 bits per heavy atom. The monoisotopic (exact) mass is 396 g/mol. The number of likely N-dealkylation sites (tertiary alicyclic amines) is 1. The molecule has 8 heteroatoms. The molecule has 2 heterocycles. The van der Waals surface area contributed by atoms with Gasteiger partial charge in [0, 0.05) is 6.04 Å². The van der Waals surface area contributed by atoms with E-state index in [4.69, 9.17) is 4.74 Å². The van der Waals surface area contributed by atoms with E-state index in [1.807, 2.05) is 20.8 Å². The van der Waals surface area contributed by atoms with E-state index in [-0.39, 0.29) is 17.4 Å². The molecule has 1 aromatic rings. The average Bonchev–Trinajstić information content (AvgIpc) is 2.98. The van der Waals surface area contributed by atoms with Gasteiger partial charge in [0.2, 0.25) is 5.91 Å². The highest BCUT2D eigenvalue weighted by atomic mass is 79.9. The van der Waals surface area contributed by atoms with Crippen LogP contribution in [0.15, 0.2) is 17.0 Å². The first-order valence-corrected chi connectivity index (χ1v) is 8.68. The fraction of sp³-hybridized carbons (Fsp3) is 0.625. The largest absolute Gasteiger partial charge is 0.444 e. The molecular formula is C16H21BrN4O3. The maximum Gasteiger partial charge on any atom is 0.411 e. The van der Waals surface area contributed by atoms with Crippen LogP contribution in [-0.4, -0.2) is 44.6 Å². The first-order chi connectivity index (χ1) is 11.1. The lowest BCUT2D eigenvalue weighted by Gasteiger charge is -2.29. The molecule has 0 radical (unpaired) electrons. The highest BCUT2D eigenvalue weighted by Crippen LogP contribution is 2.59. The van der Waals surface area contributed by atoms with Crippen LogP contribution in [0.3, 0.4) is 0 Å². The van der Waals surface area contributed by atoms with Crippen molar-refractivity contribution in [3.63, 3.8) is 0 Å². The molecular weight excluding hydrogens is 376 g/mol. The molecule has 0 unspecified atom stereocenters. The highest BCUT2D eigenvalue weighted by Gasteiger charge is 2.65. The number of carbonyl (C=O) groups is 2. The summed E-state index contributed by atoms with van der Waals surface area (Å²) >= 11 is 3.22. The Hall–Kier alpha value is -1.70. The van der Waals surface area contributed by atoms with E-state index in [0.717, 1.165) is 6.42 Å². The third-order valence-corrected chi connectivity index (χ3v) is 4.78. The number of halogens is 1. The molecule has 1 aliphatic heterocycles. The lowest BCUT2D eigenvalue weighted by atomic mass is 10.0. The summed E-state index contributed by atoms with van der Waals surface area (Å²) in [7, 11) is 0. The molecule has 130 valence electrons. The van der Waals surface area contributed by atoms with Gasteiger partial charge in [0.05, 0.1) is 12.4 Å². The Balaban J connectivity index is 1.75. The van der Waals surface area contributed by atoms with Gasteiger partial charge in [-0.05, 0) is 55.0 Å². The van der Waals surface area contributed by atoms with Gasteiger partial charge >= 0.3 is 6.09 Å². The van der Waals surface area contributed by atoms with Crippen LogP contribution in [0.5, 0.6) is 0 Å². The Kier molecular flexibility index (Phi) is 4.06. The topological polar surface area (TPSA) is 84.4 Å². The predicted octanol–water partition coefficient (Wildman–Crippen LogP) is 2.97. The number of aromatic nitrogens is 2. The molecule has 3 atom stereocenters. The fourth-order valence-electron chi connectivity index (χ4n) is 3.19. The summed E-state index contributed by atoms with van der Waals surface area (Å²) in [6, 6.07) is -0.485. The van der Waals surface area contributed by atoms with Crippen LogP contribution >= 0.6 is 15.9 Å². The molecule has 1 N–H and O–H groups in total. The van der Waals surface area contributed by atoms with Gasteiger partial charge in [-0.15, -0.1) is 0 Å². The second kappa shape index (κ2) is 5.68. The Labute approximate surface area is 149 Å². The summed E-state index contributed by atoms with van der Waals surface area (Å²) < 4.78 is 6.02. The van der Waals surface area contributed by atoms with Gasteiger partial charge in [-0.25, -0.2) is 9.78 Å². The van der Waals surface area contributed by atoms with Crippen molar-refractivity contribution in [2.24, 2.45) is 5.41 Å². The lowest BCUT2D eigenvalue weighted by molar-refractivity contribution is -0.121. The van der Waals surface area contributed by atoms with Crippen LogP contribution < -0.4 is 5.32 Å². The third-order valence-electron chi connectivity index (χ3n) is 4.40. The van der Waals surface area contributed by atoms with Crippen molar-refractivity contribution in [1.82, 2.24) is 14.9 Å². The van der Waals surface area contributed by atoms with E-state index in [1.165, 1.54) is 12.4 Å². The van der Waals surface area contributed by atoms with Gasteiger partial charge in [-0.3, -0.25) is 14.7 Å². The molecule has 0 bridgehead atoms. The van der Waals surface area contributed by atoms with Crippen LogP contribution in [0.1, 0.15) is 40.5 Å². The fourth-order valence-corrected chi connectivity index (χ4v) is 3.50. The second-order valence-electron chi connectivity index (χ2n) is 7.70. The summed E-state index contributed by atoms with van der Waals surface area (Å²) in [4.78, 5) is 34.9. The minimum absolute atomic E-state index is 0.00185. The Morgan fingerprint density at radius 3 is 2.71 bits per heavy atom. The van der Waals surface area contributed by atoms with Crippen LogP contribution in [-0.2, 0) is 9.53 Å². The van der Waals surface area contributed by atoms with E-state index in [2.05, 4.69) is 38.1 Å². The smallest absolute Gasteiger partial charge is 0.411 e. The van der Waals surface area contributed by atoms with E-state index in [9.17, 15) is 9.59 Å². The van der Waals surface area contributed by atoms with E-state index in [0.29, 0.717) is 16.8 Å². The molecule has 1 saturated heterocycles. The number of amides is 2. The summed E-state index contributed by atoms with van der Waals surface area (Å²) in [6.45, 7) is 7.55. The maximum atomic E-state index is 12.7. The minimum Gasteiger partial charge on any atom is -0.444 e. The number of ether oxygens (including phenoxy) is 1. The quantitative estimate of drug-likeness (QED) is 0.830. The van der Waals surface area contributed by atoms with Crippen LogP contribution in [0.25, 0.3) is 0 Å². The number of nitrogens with one attached hydrogen (secondary N) is 1. The SMILES string of the molecule is CC(C)(C)OC(=O)N1[C@@H](C(=O)Nc2cncc(Br)n2)C[C@@]2(C)C[C@@H]12. The van der Waals surface area contributed by atoms with Gasteiger partial charge in [-0.1, -0.05) is 6.92 Å². The van der Waals surface area contributed by atoms with Gasteiger partial charge in [0.15, 0.2) is 5.82 Å². The molecule has 24 heavy (non-hydrogen) atoms. The Morgan fingerprint density at radius 2 is 2.08 bits per heavy atom. The van der Waals surface area contributed by atoms with E-state index in [1.54, 1.807) is 4.90 Å². The standard InChI is InChI=1S/C16H21BrN4O3/c1-15(2,3)24-14(23)21-9(5-16(4)6-10(16)21)13(22)20-12-8-18-7-11(17)19-12/h7-10H,5-6H2,1-4H3,(H,19,20,22)/t9-,10-,16+/m1/s1. The van der Waals surface area contributed by atoms with Gasteiger partial charge in [0.25, 0.3) is 0 Å². The summed E-state index contributed by atoms with van der Waals surface area (Å²) in [5, 5.41) is 2.74. The molecule has 1 aromatic heterocycles. The van der Waals surface area contributed by atoms with Crippen LogP contribution in [0.2, 0.25) is 0 Å². The van der Waals surface area contributed by atoms with Crippen LogP contribution in [0, 0.1) is 5.41 Å². The molecule has 2 amide bonds. The number of anilines is 1. The third kappa shape index (κ3) is 3.38. The number of nitrogens with zero attached hydrogens (tertiary/aromatic N) is 3. The normalized spacial score (nSPS) is 28.3. The van der Waals surface area contributed by atoms with Crippen LogP contribution in [0.4, 0.5) is 10.6 Å². The van der Waals surface area contributed by atoms with Crippen molar-refractivity contribution < 1.29 is 14.3 Å². The van der Waals surface area contributed by atoms with E-state index >= 15 is 0 Å². The zero-order valence-electron chi connectivity index (χ0n) is 14.2. The number of rotatable bonds is 2. The first kappa shape index (κ1) is 17.1. The first-order valence-electron chi connectivity index (χ1n) is 7.89. The molecule has 2 aliphatic rings. The summed E-state index contributed by atoms with van der Waals surface area (Å²) in [6.07, 6.45) is 4.11. The zero-order valence-corrected chi connectivity index (χ0v) is 15.8. The van der Waals surface area contributed by atoms with E-state index < -0.39 is 17.7 Å². The molecule has 2 fully saturated rings. The number of carbonyl (C=O) groups excluding carboxylic acids is 2. The second-order valence-corrected chi connectivity index (χ2v) is 8.51. The summed E-state index contributed by atoms with van der Waals surface area (Å²) in [5.41, 5.74) is -0.594. The van der Waals surface area contributed by atoms with Crippen molar-refractivity contribution in [2.45, 2.75) is 58.2 Å².